The molecule has 4 heteroatoms. The van der Waals surface area contributed by atoms with Gasteiger partial charge in [0.05, 0.1) is 4.92 Å². The van der Waals surface area contributed by atoms with Gasteiger partial charge in [0.2, 0.25) is 0 Å². The lowest BCUT2D eigenvalue weighted by Gasteiger charge is -1.93. The summed E-state index contributed by atoms with van der Waals surface area (Å²) < 4.78 is 0. The summed E-state index contributed by atoms with van der Waals surface area (Å²) in [6.45, 7) is 4.02. The van der Waals surface area contributed by atoms with Crippen molar-refractivity contribution >= 4 is 27.8 Å². The molecule has 2 aromatic rings. The smallest absolute Gasteiger partial charge is 0.258 e. The molecule has 0 saturated carbocycles. The Balaban J connectivity index is 2.77. The molecule has 3 nitrogen and oxygen atoms in total. The summed E-state index contributed by atoms with van der Waals surface area (Å²) in [4.78, 5) is 12.6. The van der Waals surface area contributed by atoms with Gasteiger partial charge in [-0.3, -0.25) is 10.1 Å². The molecular formula is C10H9NO2S. The zero-order chi connectivity index (χ0) is 10.3. The van der Waals surface area contributed by atoms with Crippen LogP contribution >= 0.6 is 11.3 Å². The molecule has 1 heterocycles. The van der Waals surface area contributed by atoms with Crippen molar-refractivity contribution in [1.82, 2.24) is 0 Å². The van der Waals surface area contributed by atoms with Crippen molar-refractivity contribution in [3.8, 4) is 0 Å². The number of thiophene rings is 1. The van der Waals surface area contributed by atoms with E-state index < -0.39 is 0 Å². The van der Waals surface area contributed by atoms with Gasteiger partial charge in [-0.2, -0.15) is 0 Å². The van der Waals surface area contributed by atoms with E-state index in [9.17, 15) is 10.1 Å². The second-order valence-corrected chi connectivity index (χ2v) is 4.63. The summed E-state index contributed by atoms with van der Waals surface area (Å²) in [7, 11) is 0. The highest BCUT2D eigenvalue weighted by molar-refractivity contribution is 7.13. The lowest BCUT2D eigenvalue weighted by Crippen LogP contribution is -1.86. The van der Waals surface area contributed by atoms with Gasteiger partial charge in [-0.1, -0.05) is 0 Å². The number of aryl methyl sites for hydroxylation is 2. The number of hydrogen-bond acceptors (Lipinski definition) is 3. The second kappa shape index (κ2) is 3.06. The van der Waals surface area contributed by atoms with Crippen LogP contribution in [0.5, 0.6) is 0 Å². The number of rotatable bonds is 1. The Labute approximate surface area is 85.1 Å². The van der Waals surface area contributed by atoms with Crippen molar-refractivity contribution in [2.24, 2.45) is 0 Å². The first-order valence-electron chi connectivity index (χ1n) is 4.24. The number of benzene rings is 1. The summed E-state index contributed by atoms with van der Waals surface area (Å²) in [6, 6.07) is 5.03. The lowest BCUT2D eigenvalue weighted by molar-refractivity contribution is -0.384. The van der Waals surface area contributed by atoms with Gasteiger partial charge in [0.1, 0.15) is 0 Å². The number of fused-ring (bicyclic) bond motifs is 1. The molecule has 0 unspecified atom stereocenters. The first kappa shape index (κ1) is 9.15. The van der Waals surface area contributed by atoms with Gasteiger partial charge in [0.15, 0.2) is 0 Å². The van der Waals surface area contributed by atoms with Crippen molar-refractivity contribution in [3.63, 3.8) is 0 Å². The van der Waals surface area contributed by atoms with Crippen LogP contribution in [0.15, 0.2) is 18.2 Å². The molecule has 72 valence electrons. The van der Waals surface area contributed by atoms with Gasteiger partial charge in [0.25, 0.3) is 5.69 Å². The van der Waals surface area contributed by atoms with Gasteiger partial charge >= 0.3 is 0 Å². The van der Waals surface area contributed by atoms with Crippen LogP contribution in [0.4, 0.5) is 5.69 Å². The van der Waals surface area contributed by atoms with Crippen molar-refractivity contribution in [2.75, 3.05) is 0 Å². The molecule has 1 aromatic heterocycles. The maximum atomic E-state index is 10.6. The third kappa shape index (κ3) is 1.28. The Bertz CT molecular complexity index is 516. The van der Waals surface area contributed by atoms with Gasteiger partial charge in [0, 0.05) is 27.3 Å². The van der Waals surface area contributed by atoms with E-state index in [4.69, 9.17) is 0 Å². The van der Waals surface area contributed by atoms with Crippen LogP contribution in [-0.2, 0) is 0 Å². The highest BCUT2D eigenvalue weighted by Crippen LogP contribution is 2.32. The molecule has 0 fully saturated rings. The zero-order valence-electron chi connectivity index (χ0n) is 7.90. The maximum Gasteiger partial charge on any atom is 0.270 e. The highest BCUT2D eigenvalue weighted by atomic mass is 32.1. The Kier molecular flexibility index (Phi) is 2.00. The van der Waals surface area contributed by atoms with Crippen LogP contribution in [0.25, 0.3) is 10.8 Å². The van der Waals surface area contributed by atoms with Crippen LogP contribution < -0.4 is 0 Å². The molecule has 0 amide bonds. The van der Waals surface area contributed by atoms with Crippen LogP contribution in [0.2, 0.25) is 0 Å². The zero-order valence-corrected chi connectivity index (χ0v) is 8.72. The molecule has 0 atom stereocenters. The minimum Gasteiger partial charge on any atom is -0.258 e. The van der Waals surface area contributed by atoms with Crippen molar-refractivity contribution in [2.45, 2.75) is 13.8 Å². The average Bonchev–Trinajstić information content (AvgIpc) is 2.42. The summed E-state index contributed by atoms with van der Waals surface area (Å²) in [6.07, 6.45) is 0. The molecule has 2 rings (SSSR count). The molecule has 0 aliphatic heterocycles. The molecule has 0 bridgehead atoms. The number of nitro groups is 1. The van der Waals surface area contributed by atoms with E-state index in [-0.39, 0.29) is 10.6 Å². The minimum absolute atomic E-state index is 0.165. The minimum atomic E-state index is -0.355. The quantitative estimate of drug-likeness (QED) is 0.531. The average molecular weight is 207 g/mol. The summed E-state index contributed by atoms with van der Waals surface area (Å²) in [5.41, 5.74) is 0.165. The van der Waals surface area contributed by atoms with Gasteiger partial charge < -0.3 is 0 Å². The van der Waals surface area contributed by atoms with Gasteiger partial charge in [-0.05, 0) is 25.3 Å². The standard InChI is InChI=1S/C10H9NO2S/c1-6-9-4-3-8(11(12)13)5-10(9)7(2)14-6/h3-5H,1-2H3. The van der Waals surface area contributed by atoms with Crippen LogP contribution in [0, 0.1) is 24.0 Å². The Morgan fingerprint density at radius 1 is 1.21 bits per heavy atom. The van der Waals surface area contributed by atoms with E-state index in [2.05, 4.69) is 0 Å². The third-order valence-corrected chi connectivity index (χ3v) is 3.33. The summed E-state index contributed by atoms with van der Waals surface area (Å²) >= 11 is 1.68. The van der Waals surface area contributed by atoms with E-state index in [1.165, 1.54) is 4.88 Å². The number of nitrogens with zero attached hydrogens (tertiary/aromatic N) is 1. The second-order valence-electron chi connectivity index (χ2n) is 3.20. The van der Waals surface area contributed by atoms with Crippen molar-refractivity contribution in [1.29, 1.82) is 0 Å². The van der Waals surface area contributed by atoms with Crippen molar-refractivity contribution in [3.05, 3.63) is 38.1 Å². The fourth-order valence-corrected chi connectivity index (χ4v) is 2.61. The normalized spacial score (nSPS) is 10.7. The Morgan fingerprint density at radius 2 is 1.86 bits per heavy atom. The predicted molar refractivity (Wildman–Crippen MR) is 58.0 cm³/mol. The van der Waals surface area contributed by atoms with Gasteiger partial charge in [-0.25, -0.2) is 0 Å². The Hall–Kier alpha value is -1.42. The molecule has 0 spiro atoms. The first-order chi connectivity index (χ1) is 6.59. The molecule has 0 saturated heterocycles. The van der Waals surface area contributed by atoms with Crippen LogP contribution in [0.1, 0.15) is 9.75 Å². The van der Waals surface area contributed by atoms with E-state index in [0.29, 0.717) is 0 Å². The molecular weight excluding hydrogens is 198 g/mol. The fourth-order valence-electron chi connectivity index (χ4n) is 1.58. The highest BCUT2D eigenvalue weighted by Gasteiger charge is 2.10. The van der Waals surface area contributed by atoms with E-state index in [0.717, 1.165) is 15.6 Å². The van der Waals surface area contributed by atoms with Gasteiger partial charge in [-0.15, -0.1) is 11.3 Å². The van der Waals surface area contributed by atoms with E-state index in [1.54, 1.807) is 23.5 Å². The van der Waals surface area contributed by atoms with E-state index in [1.807, 2.05) is 19.9 Å². The molecule has 14 heavy (non-hydrogen) atoms. The topological polar surface area (TPSA) is 43.1 Å². The fraction of sp³-hybridized carbons (Fsp3) is 0.200. The third-order valence-electron chi connectivity index (χ3n) is 2.28. The van der Waals surface area contributed by atoms with E-state index >= 15 is 0 Å². The lowest BCUT2D eigenvalue weighted by atomic mass is 10.1. The molecule has 0 aliphatic carbocycles. The molecule has 0 aliphatic rings. The largest absolute Gasteiger partial charge is 0.270 e. The predicted octanol–water partition coefficient (Wildman–Crippen LogP) is 3.43. The molecule has 0 N–H and O–H groups in total. The number of hydrogen-bond donors (Lipinski definition) is 0. The van der Waals surface area contributed by atoms with Crippen LogP contribution in [-0.4, -0.2) is 4.92 Å². The number of nitro benzene ring substituents is 1. The van der Waals surface area contributed by atoms with Crippen LogP contribution in [0.3, 0.4) is 0 Å². The number of non-ortho nitro benzene ring substituents is 1. The summed E-state index contributed by atoms with van der Waals surface area (Å²) in [5.74, 6) is 0. The summed E-state index contributed by atoms with van der Waals surface area (Å²) in [5, 5.41) is 12.7. The van der Waals surface area contributed by atoms with Crippen molar-refractivity contribution < 1.29 is 4.92 Å². The SMILES string of the molecule is Cc1sc(C)c2cc([N+](=O)[O-])ccc12. The molecule has 0 radical (unpaired) electrons. The first-order valence-corrected chi connectivity index (χ1v) is 5.05. The molecule has 1 aromatic carbocycles. The maximum absolute atomic E-state index is 10.6. The Morgan fingerprint density at radius 3 is 2.50 bits per heavy atom. The monoisotopic (exact) mass is 207 g/mol.